The molecule has 0 aromatic heterocycles. The number of hydrogen-bond acceptors (Lipinski definition) is 3. The average Bonchev–Trinajstić information content (AvgIpc) is 2.58. The van der Waals surface area contributed by atoms with Crippen LogP contribution in [-0.2, 0) is 16.1 Å². The number of nitrogens with zero attached hydrogens (tertiary/aromatic N) is 1. The Morgan fingerprint density at radius 2 is 2.09 bits per heavy atom. The highest BCUT2D eigenvalue weighted by molar-refractivity contribution is 5.76. The maximum absolute atomic E-state index is 12.1. The summed E-state index contributed by atoms with van der Waals surface area (Å²) in [6, 6.07) is 8.88. The molecule has 128 valence electrons. The summed E-state index contributed by atoms with van der Waals surface area (Å²) in [7, 11) is 1.76. The second kappa shape index (κ2) is 9.68. The molecule has 4 nitrogen and oxygen atoms in total. The van der Waals surface area contributed by atoms with Gasteiger partial charge in [0.15, 0.2) is 0 Å². The summed E-state index contributed by atoms with van der Waals surface area (Å²) >= 11 is 0. The van der Waals surface area contributed by atoms with Crippen molar-refractivity contribution in [3.63, 3.8) is 0 Å². The Morgan fingerprint density at radius 3 is 2.83 bits per heavy atom. The van der Waals surface area contributed by atoms with Crippen molar-refractivity contribution in [1.82, 2.24) is 10.2 Å². The molecule has 23 heavy (non-hydrogen) atoms. The van der Waals surface area contributed by atoms with Gasteiger partial charge in [-0.25, -0.2) is 0 Å². The lowest BCUT2D eigenvalue weighted by Crippen LogP contribution is -2.42. The predicted octanol–water partition coefficient (Wildman–Crippen LogP) is 2.89. The molecule has 1 N–H and O–H groups in total. The lowest BCUT2D eigenvalue weighted by atomic mass is 9.99. The minimum Gasteiger partial charge on any atom is -0.385 e. The molecule has 1 fully saturated rings. The Balaban J connectivity index is 1.70. The second-order valence-electron chi connectivity index (χ2n) is 6.48. The first-order chi connectivity index (χ1) is 11.2. The van der Waals surface area contributed by atoms with Crippen LogP contribution in [0.4, 0.5) is 0 Å². The summed E-state index contributed by atoms with van der Waals surface area (Å²) < 4.78 is 5.21. The number of hydrogen-bond donors (Lipinski definition) is 1. The highest BCUT2D eigenvalue weighted by Crippen LogP contribution is 2.19. The Morgan fingerprint density at radius 1 is 1.30 bits per heavy atom. The summed E-state index contributed by atoms with van der Waals surface area (Å²) in [5.74, 6) is 0.140. The van der Waals surface area contributed by atoms with Crippen molar-refractivity contribution >= 4 is 5.91 Å². The number of carbonyl (C=O) groups excluding carboxylic acids is 1. The van der Waals surface area contributed by atoms with Gasteiger partial charge in [-0.15, -0.1) is 0 Å². The number of carbonyl (C=O) groups is 1. The maximum atomic E-state index is 12.1. The molecule has 1 unspecified atom stereocenters. The first-order valence-electron chi connectivity index (χ1n) is 8.74. The van der Waals surface area contributed by atoms with Crippen LogP contribution in [0.5, 0.6) is 0 Å². The molecule has 0 spiro atoms. The summed E-state index contributed by atoms with van der Waals surface area (Å²) in [4.78, 5) is 14.6. The van der Waals surface area contributed by atoms with Gasteiger partial charge in [-0.2, -0.15) is 0 Å². The van der Waals surface area contributed by atoms with Crippen LogP contribution >= 0.6 is 0 Å². The van der Waals surface area contributed by atoms with E-state index in [-0.39, 0.29) is 5.91 Å². The number of ether oxygens (including phenoxy) is 1. The summed E-state index contributed by atoms with van der Waals surface area (Å²) in [5.41, 5.74) is 2.40. The van der Waals surface area contributed by atoms with E-state index in [1.54, 1.807) is 7.11 Å². The fraction of sp³-hybridized carbons (Fsp3) is 0.632. The van der Waals surface area contributed by atoms with Crippen molar-refractivity contribution in [3.05, 3.63) is 35.4 Å². The Kier molecular flexibility index (Phi) is 7.56. The summed E-state index contributed by atoms with van der Waals surface area (Å²) in [5, 5.41) is 3.03. The third-order valence-electron chi connectivity index (χ3n) is 4.64. The minimum atomic E-state index is 0.140. The zero-order valence-electron chi connectivity index (χ0n) is 14.5. The summed E-state index contributed by atoms with van der Waals surface area (Å²) in [6.07, 6.45) is 5.42. The van der Waals surface area contributed by atoms with E-state index in [1.165, 1.54) is 24.8 Å². The van der Waals surface area contributed by atoms with Gasteiger partial charge in [-0.05, 0) is 38.3 Å². The first kappa shape index (κ1) is 18.0. The fourth-order valence-corrected chi connectivity index (χ4v) is 3.18. The molecule has 0 radical (unpaired) electrons. The monoisotopic (exact) mass is 318 g/mol. The van der Waals surface area contributed by atoms with Gasteiger partial charge in [0.1, 0.15) is 0 Å². The van der Waals surface area contributed by atoms with Crippen LogP contribution in [-0.4, -0.2) is 43.7 Å². The molecule has 1 saturated heterocycles. The topological polar surface area (TPSA) is 41.6 Å². The molecule has 2 rings (SSSR count). The van der Waals surface area contributed by atoms with Crippen molar-refractivity contribution in [2.45, 2.75) is 51.6 Å². The summed E-state index contributed by atoms with van der Waals surface area (Å²) in [6.45, 7) is 5.46. The van der Waals surface area contributed by atoms with Crippen LogP contribution in [0, 0.1) is 6.92 Å². The van der Waals surface area contributed by atoms with Crippen molar-refractivity contribution in [2.75, 3.05) is 26.8 Å². The van der Waals surface area contributed by atoms with E-state index in [1.807, 2.05) is 0 Å². The molecule has 0 aliphatic carbocycles. The van der Waals surface area contributed by atoms with Gasteiger partial charge in [0, 0.05) is 39.3 Å². The van der Waals surface area contributed by atoms with E-state index in [0.29, 0.717) is 19.0 Å². The molecular formula is C19H30N2O2. The standard InChI is InChI=1S/C19H30N2O2/c1-16-6-8-17(9-7-16)15-20-19(22)10-13-21-12-4-3-5-18(21)11-14-23-2/h6-9,18H,3-5,10-15H2,1-2H3,(H,20,22). The van der Waals surface area contributed by atoms with Crippen molar-refractivity contribution in [2.24, 2.45) is 0 Å². The van der Waals surface area contributed by atoms with Gasteiger partial charge < -0.3 is 10.1 Å². The van der Waals surface area contributed by atoms with Crippen LogP contribution in [0.25, 0.3) is 0 Å². The SMILES string of the molecule is COCCC1CCCCN1CCC(=O)NCc1ccc(C)cc1. The van der Waals surface area contributed by atoms with Gasteiger partial charge >= 0.3 is 0 Å². The molecule has 1 atom stereocenters. The van der Waals surface area contributed by atoms with Crippen LogP contribution in [0.3, 0.4) is 0 Å². The number of piperidine rings is 1. The maximum Gasteiger partial charge on any atom is 0.221 e. The molecule has 0 saturated carbocycles. The third-order valence-corrected chi connectivity index (χ3v) is 4.64. The van der Waals surface area contributed by atoms with E-state index >= 15 is 0 Å². The predicted molar refractivity (Wildman–Crippen MR) is 93.3 cm³/mol. The molecule has 1 aliphatic rings. The van der Waals surface area contributed by atoms with E-state index in [4.69, 9.17) is 4.74 Å². The second-order valence-corrected chi connectivity index (χ2v) is 6.48. The smallest absolute Gasteiger partial charge is 0.221 e. The zero-order valence-corrected chi connectivity index (χ0v) is 14.5. The average molecular weight is 318 g/mol. The number of methoxy groups -OCH3 is 1. The van der Waals surface area contributed by atoms with Gasteiger partial charge in [0.2, 0.25) is 5.91 Å². The Bertz CT molecular complexity index is 473. The number of aryl methyl sites for hydroxylation is 1. The highest BCUT2D eigenvalue weighted by atomic mass is 16.5. The Hall–Kier alpha value is -1.39. The highest BCUT2D eigenvalue weighted by Gasteiger charge is 2.22. The molecule has 1 aromatic carbocycles. The van der Waals surface area contributed by atoms with E-state index < -0.39 is 0 Å². The molecular weight excluding hydrogens is 288 g/mol. The molecule has 1 heterocycles. The zero-order chi connectivity index (χ0) is 16.5. The van der Waals surface area contributed by atoms with E-state index in [0.717, 1.165) is 31.7 Å². The van der Waals surface area contributed by atoms with Gasteiger partial charge in [-0.3, -0.25) is 9.69 Å². The van der Waals surface area contributed by atoms with Crippen LogP contribution in [0.2, 0.25) is 0 Å². The van der Waals surface area contributed by atoms with Crippen LogP contribution in [0.15, 0.2) is 24.3 Å². The van der Waals surface area contributed by atoms with Crippen molar-refractivity contribution < 1.29 is 9.53 Å². The number of benzene rings is 1. The van der Waals surface area contributed by atoms with Gasteiger partial charge in [0.05, 0.1) is 0 Å². The largest absolute Gasteiger partial charge is 0.385 e. The lowest BCUT2D eigenvalue weighted by molar-refractivity contribution is -0.121. The van der Waals surface area contributed by atoms with E-state index in [2.05, 4.69) is 41.4 Å². The van der Waals surface area contributed by atoms with Crippen LogP contribution < -0.4 is 5.32 Å². The van der Waals surface area contributed by atoms with E-state index in [9.17, 15) is 4.79 Å². The molecule has 0 bridgehead atoms. The quantitative estimate of drug-likeness (QED) is 0.801. The minimum absolute atomic E-state index is 0.140. The lowest BCUT2D eigenvalue weighted by Gasteiger charge is -2.35. The number of amides is 1. The van der Waals surface area contributed by atoms with Gasteiger partial charge in [-0.1, -0.05) is 36.2 Å². The molecule has 4 heteroatoms. The molecule has 1 aromatic rings. The Labute approximate surface area is 140 Å². The molecule has 1 amide bonds. The van der Waals surface area contributed by atoms with Crippen molar-refractivity contribution in [1.29, 1.82) is 0 Å². The number of nitrogens with one attached hydrogen (secondary N) is 1. The normalized spacial score (nSPS) is 18.8. The fourth-order valence-electron chi connectivity index (χ4n) is 3.18. The van der Waals surface area contributed by atoms with Gasteiger partial charge in [0.25, 0.3) is 0 Å². The van der Waals surface area contributed by atoms with Crippen molar-refractivity contribution in [3.8, 4) is 0 Å². The number of likely N-dealkylation sites (tertiary alicyclic amines) is 1. The third kappa shape index (κ3) is 6.32. The number of rotatable bonds is 8. The molecule has 1 aliphatic heterocycles. The van der Waals surface area contributed by atoms with Crippen LogP contribution in [0.1, 0.15) is 43.2 Å². The first-order valence-corrected chi connectivity index (χ1v) is 8.74.